The number of imidazole rings is 1. The maximum atomic E-state index is 14.5. The zero-order valence-corrected chi connectivity index (χ0v) is 20.8. The normalized spacial score (nSPS) is 12.7. The van der Waals surface area contributed by atoms with E-state index in [0.29, 0.717) is 6.54 Å². The molecule has 1 aliphatic rings. The van der Waals surface area contributed by atoms with Gasteiger partial charge in [-0.25, -0.2) is 9.97 Å². The van der Waals surface area contributed by atoms with Crippen molar-refractivity contribution in [3.05, 3.63) is 102 Å². The van der Waals surface area contributed by atoms with E-state index >= 15 is 0 Å². The number of carbonyl (C=O) groups excluding carboxylic acids is 1. The van der Waals surface area contributed by atoms with Crippen LogP contribution in [0.4, 0.5) is 5.13 Å². The van der Waals surface area contributed by atoms with Gasteiger partial charge < -0.3 is 9.30 Å². The molecule has 36 heavy (non-hydrogen) atoms. The molecule has 2 aromatic heterocycles. The lowest BCUT2D eigenvalue weighted by Gasteiger charge is -2.31. The largest absolute Gasteiger partial charge is 0.457 e. The van der Waals surface area contributed by atoms with E-state index in [2.05, 4.69) is 30.1 Å². The highest BCUT2D eigenvalue weighted by atomic mass is 32.1. The van der Waals surface area contributed by atoms with E-state index in [0.717, 1.165) is 57.4 Å². The second-order valence-corrected chi connectivity index (χ2v) is 9.88. The highest BCUT2D eigenvalue weighted by Gasteiger charge is 2.36. The van der Waals surface area contributed by atoms with E-state index < -0.39 is 5.92 Å². The number of para-hydroxylation sites is 3. The van der Waals surface area contributed by atoms with Crippen molar-refractivity contribution in [2.24, 2.45) is 0 Å². The van der Waals surface area contributed by atoms with Crippen LogP contribution in [0.15, 0.2) is 85.5 Å². The smallest absolute Gasteiger partial charge is 0.241 e. The Hall–Kier alpha value is -3.97. The number of nitrogens with zero attached hydrogens (tertiary/aromatic N) is 4. The molecule has 1 aliphatic heterocycles. The third-order valence-electron chi connectivity index (χ3n) is 6.65. The first-order valence-electron chi connectivity index (χ1n) is 12.2. The quantitative estimate of drug-likeness (QED) is 0.262. The summed E-state index contributed by atoms with van der Waals surface area (Å²) in [5.74, 6) is 1.01. The van der Waals surface area contributed by atoms with Gasteiger partial charge in [0, 0.05) is 36.6 Å². The Labute approximate surface area is 213 Å². The molecule has 0 saturated heterocycles. The third kappa shape index (κ3) is 4.05. The summed E-state index contributed by atoms with van der Waals surface area (Å²) in [4.78, 5) is 25.5. The van der Waals surface area contributed by atoms with Crippen LogP contribution in [-0.2, 0) is 17.8 Å². The Morgan fingerprint density at radius 3 is 2.47 bits per heavy atom. The molecule has 5 aromatic rings. The molecule has 0 radical (unpaired) electrons. The average Bonchev–Trinajstić information content (AvgIpc) is 3.59. The fourth-order valence-corrected chi connectivity index (χ4v) is 5.90. The van der Waals surface area contributed by atoms with Crippen molar-refractivity contribution in [2.75, 3.05) is 11.4 Å². The number of fused-ring (bicyclic) bond motifs is 3. The second-order valence-electron chi connectivity index (χ2n) is 8.87. The number of ether oxygens (including phenoxy) is 1. The summed E-state index contributed by atoms with van der Waals surface area (Å²) in [6.45, 7) is 3.47. The van der Waals surface area contributed by atoms with Crippen molar-refractivity contribution in [3.8, 4) is 11.5 Å². The monoisotopic (exact) mass is 494 g/mol. The van der Waals surface area contributed by atoms with E-state index in [9.17, 15) is 4.79 Å². The van der Waals surface area contributed by atoms with Gasteiger partial charge in [0.1, 0.15) is 11.5 Å². The van der Waals surface area contributed by atoms with E-state index in [4.69, 9.17) is 9.72 Å². The maximum Gasteiger partial charge on any atom is 0.241 e. The highest BCUT2D eigenvalue weighted by Crippen LogP contribution is 2.45. The molecule has 0 saturated carbocycles. The van der Waals surface area contributed by atoms with Gasteiger partial charge in [0.2, 0.25) is 5.91 Å². The summed E-state index contributed by atoms with van der Waals surface area (Å²) in [5.41, 5.74) is 3.95. The van der Waals surface area contributed by atoms with Crippen molar-refractivity contribution in [1.29, 1.82) is 0 Å². The Kier molecular flexibility index (Phi) is 5.99. The molecule has 0 aliphatic carbocycles. The minimum absolute atomic E-state index is 0.0148. The average molecular weight is 495 g/mol. The Balaban J connectivity index is 1.42. The Morgan fingerprint density at radius 1 is 1.03 bits per heavy atom. The molecule has 180 valence electrons. The summed E-state index contributed by atoms with van der Waals surface area (Å²) >= 11 is 1.58. The van der Waals surface area contributed by atoms with Crippen molar-refractivity contribution in [3.63, 3.8) is 0 Å². The van der Waals surface area contributed by atoms with Crippen LogP contribution in [0.5, 0.6) is 11.5 Å². The van der Waals surface area contributed by atoms with Gasteiger partial charge >= 0.3 is 0 Å². The molecule has 6 rings (SSSR count). The SMILES string of the molecule is CCc1cccc2sc(N(CCCn3ccnc3)C(=O)C3c4ccccc4Oc4ccccc43)nc12. The molecule has 6 nitrogen and oxygen atoms in total. The maximum absolute atomic E-state index is 14.5. The lowest BCUT2D eigenvalue weighted by Crippen LogP contribution is -2.37. The molecule has 3 heterocycles. The van der Waals surface area contributed by atoms with Crippen molar-refractivity contribution in [2.45, 2.75) is 32.2 Å². The first kappa shape index (κ1) is 22.5. The van der Waals surface area contributed by atoms with Gasteiger partial charge in [0.15, 0.2) is 5.13 Å². The third-order valence-corrected chi connectivity index (χ3v) is 7.70. The predicted molar refractivity (Wildman–Crippen MR) is 143 cm³/mol. The zero-order chi connectivity index (χ0) is 24.5. The molecule has 0 unspecified atom stereocenters. The number of hydrogen-bond donors (Lipinski definition) is 0. The lowest BCUT2D eigenvalue weighted by atomic mass is 9.87. The van der Waals surface area contributed by atoms with E-state index in [1.807, 2.05) is 70.5 Å². The first-order chi connectivity index (χ1) is 17.7. The number of rotatable bonds is 7. The predicted octanol–water partition coefficient (Wildman–Crippen LogP) is 6.42. The molecule has 0 spiro atoms. The van der Waals surface area contributed by atoms with Crippen molar-refractivity contribution in [1.82, 2.24) is 14.5 Å². The number of aromatic nitrogens is 3. The summed E-state index contributed by atoms with van der Waals surface area (Å²) < 4.78 is 9.30. The number of anilines is 1. The molecular weight excluding hydrogens is 468 g/mol. The van der Waals surface area contributed by atoms with Crippen LogP contribution in [0, 0.1) is 0 Å². The Morgan fingerprint density at radius 2 is 1.78 bits per heavy atom. The van der Waals surface area contributed by atoms with E-state index in [1.54, 1.807) is 17.5 Å². The van der Waals surface area contributed by atoms with Crippen LogP contribution >= 0.6 is 11.3 Å². The van der Waals surface area contributed by atoms with Gasteiger partial charge in [-0.2, -0.15) is 0 Å². The van der Waals surface area contributed by atoms with Crippen LogP contribution in [-0.4, -0.2) is 27.0 Å². The molecule has 3 aromatic carbocycles. The van der Waals surface area contributed by atoms with Crippen molar-refractivity contribution >= 4 is 32.6 Å². The molecule has 7 heteroatoms. The number of benzene rings is 3. The zero-order valence-electron chi connectivity index (χ0n) is 20.0. The number of hydrogen-bond acceptors (Lipinski definition) is 5. The van der Waals surface area contributed by atoms with Gasteiger partial charge in [0.25, 0.3) is 0 Å². The Bertz CT molecular complexity index is 1480. The minimum atomic E-state index is -0.461. The van der Waals surface area contributed by atoms with Crippen molar-refractivity contribution < 1.29 is 9.53 Å². The van der Waals surface area contributed by atoms with Gasteiger partial charge in [-0.3, -0.25) is 9.69 Å². The van der Waals surface area contributed by atoms with Crippen LogP contribution in [0.2, 0.25) is 0 Å². The number of aryl methyl sites for hydroxylation is 2. The highest BCUT2D eigenvalue weighted by molar-refractivity contribution is 7.22. The number of amides is 1. The van der Waals surface area contributed by atoms with Gasteiger partial charge in [-0.05, 0) is 36.6 Å². The van der Waals surface area contributed by atoms with Crippen LogP contribution in [0.3, 0.4) is 0 Å². The standard InChI is InChI=1S/C29H26N4O2S/c1-2-20-9-7-14-25-27(20)31-29(36-25)33(17-8-16-32-18-15-30-19-32)28(34)26-21-10-3-5-12-23(21)35-24-13-6-4-11-22(24)26/h3-7,9-15,18-19,26H,2,8,16-17H2,1H3. The lowest BCUT2D eigenvalue weighted by molar-refractivity contribution is -0.119. The van der Waals surface area contributed by atoms with Crippen LogP contribution in [0.25, 0.3) is 10.2 Å². The van der Waals surface area contributed by atoms with Gasteiger partial charge in [-0.15, -0.1) is 0 Å². The molecule has 0 fully saturated rings. The summed E-state index contributed by atoms with van der Waals surface area (Å²) in [5, 5.41) is 0.739. The second kappa shape index (κ2) is 9.59. The number of thiazole rings is 1. The summed E-state index contributed by atoms with van der Waals surface area (Å²) in [7, 11) is 0. The molecule has 0 bridgehead atoms. The van der Waals surface area contributed by atoms with Crippen LogP contribution in [0.1, 0.15) is 36.0 Å². The summed E-state index contributed by atoms with van der Waals surface area (Å²) in [6, 6.07) is 21.9. The molecule has 0 N–H and O–H groups in total. The molecule has 1 amide bonds. The number of carbonyl (C=O) groups is 1. The van der Waals surface area contributed by atoms with Crippen LogP contribution < -0.4 is 9.64 Å². The van der Waals surface area contributed by atoms with E-state index in [-0.39, 0.29) is 5.91 Å². The minimum Gasteiger partial charge on any atom is -0.457 e. The fourth-order valence-electron chi connectivity index (χ4n) is 4.86. The van der Waals surface area contributed by atoms with E-state index in [1.165, 1.54) is 5.56 Å². The van der Waals surface area contributed by atoms with Gasteiger partial charge in [-0.1, -0.05) is 66.8 Å². The fraction of sp³-hybridized carbons (Fsp3) is 0.207. The molecular formula is C29H26N4O2S. The first-order valence-corrected chi connectivity index (χ1v) is 13.1. The van der Waals surface area contributed by atoms with Gasteiger partial charge in [0.05, 0.1) is 22.5 Å². The molecule has 0 atom stereocenters. The summed E-state index contributed by atoms with van der Waals surface area (Å²) in [6.07, 6.45) is 7.21. The topological polar surface area (TPSA) is 60.2 Å².